The van der Waals surface area contributed by atoms with Crippen LogP contribution in [0.4, 0.5) is 8.78 Å². The van der Waals surface area contributed by atoms with Crippen molar-refractivity contribution in [3.63, 3.8) is 0 Å². The summed E-state index contributed by atoms with van der Waals surface area (Å²) in [6.45, 7) is 9.22. The standard InChI is InChI=1S/C16H22F2N2/c1-10(15-13(17)5-4-6-14(15)18)20-9-11-7-19-8-12(11)16(20,2)3/h4-6,10-12,19H,7-9H2,1-3H3. The van der Waals surface area contributed by atoms with Gasteiger partial charge in [0.2, 0.25) is 0 Å². The summed E-state index contributed by atoms with van der Waals surface area (Å²) in [6, 6.07) is 3.88. The summed E-state index contributed by atoms with van der Waals surface area (Å²) < 4.78 is 28.0. The Labute approximate surface area is 119 Å². The fourth-order valence-electron chi connectivity index (χ4n) is 4.18. The van der Waals surface area contributed by atoms with Gasteiger partial charge in [-0.25, -0.2) is 8.78 Å². The summed E-state index contributed by atoms with van der Waals surface area (Å²) in [4.78, 5) is 2.27. The number of fused-ring (bicyclic) bond motifs is 1. The number of benzene rings is 1. The van der Waals surface area contributed by atoms with Gasteiger partial charge in [0, 0.05) is 30.2 Å². The molecule has 1 N–H and O–H groups in total. The summed E-state index contributed by atoms with van der Waals surface area (Å²) in [7, 11) is 0. The fraction of sp³-hybridized carbons (Fsp3) is 0.625. The molecule has 1 aromatic carbocycles. The molecular formula is C16H22F2N2. The molecule has 3 atom stereocenters. The number of rotatable bonds is 2. The molecule has 2 nitrogen and oxygen atoms in total. The Morgan fingerprint density at radius 3 is 2.50 bits per heavy atom. The van der Waals surface area contributed by atoms with Gasteiger partial charge >= 0.3 is 0 Å². The Hall–Kier alpha value is -1.00. The fourth-order valence-corrected chi connectivity index (χ4v) is 4.18. The van der Waals surface area contributed by atoms with Gasteiger partial charge in [-0.15, -0.1) is 0 Å². The van der Waals surface area contributed by atoms with Crippen molar-refractivity contribution in [3.05, 3.63) is 35.4 Å². The average molecular weight is 280 g/mol. The topological polar surface area (TPSA) is 15.3 Å². The molecule has 0 spiro atoms. The minimum absolute atomic E-state index is 0.0394. The summed E-state index contributed by atoms with van der Waals surface area (Å²) in [5.41, 5.74) is 0.163. The van der Waals surface area contributed by atoms with E-state index in [1.54, 1.807) is 0 Å². The van der Waals surface area contributed by atoms with Gasteiger partial charge in [0.05, 0.1) is 0 Å². The van der Waals surface area contributed by atoms with E-state index >= 15 is 0 Å². The number of hydrogen-bond donors (Lipinski definition) is 1. The average Bonchev–Trinajstić information content (AvgIpc) is 2.91. The van der Waals surface area contributed by atoms with Gasteiger partial charge in [0.25, 0.3) is 0 Å². The SMILES string of the molecule is CC(c1c(F)cccc1F)N1CC2CNCC2C1(C)C. The first-order valence-corrected chi connectivity index (χ1v) is 7.34. The van der Waals surface area contributed by atoms with Crippen LogP contribution in [-0.2, 0) is 0 Å². The second-order valence-electron chi connectivity index (χ2n) is 6.64. The predicted molar refractivity (Wildman–Crippen MR) is 75.4 cm³/mol. The van der Waals surface area contributed by atoms with Crippen LogP contribution in [0, 0.1) is 23.5 Å². The van der Waals surface area contributed by atoms with Gasteiger partial charge in [-0.3, -0.25) is 4.90 Å². The van der Waals surface area contributed by atoms with Crippen molar-refractivity contribution in [1.29, 1.82) is 0 Å². The van der Waals surface area contributed by atoms with E-state index < -0.39 is 11.6 Å². The van der Waals surface area contributed by atoms with E-state index in [0.717, 1.165) is 19.6 Å². The molecule has 2 aliphatic rings. The Morgan fingerprint density at radius 2 is 1.90 bits per heavy atom. The molecule has 0 radical (unpaired) electrons. The smallest absolute Gasteiger partial charge is 0.130 e. The van der Waals surface area contributed by atoms with Crippen molar-refractivity contribution in [2.45, 2.75) is 32.4 Å². The maximum absolute atomic E-state index is 14.0. The van der Waals surface area contributed by atoms with Crippen LogP contribution in [-0.4, -0.2) is 30.1 Å². The van der Waals surface area contributed by atoms with Crippen LogP contribution in [0.25, 0.3) is 0 Å². The van der Waals surface area contributed by atoms with Gasteiger partial charge in [0.1, 0.15) is 11.6 Å². The van der Waals surface area contributed by atoms with E-state index in [-0.39, 0.29) is 17.1 Å². The van der Waals surface area contributed by atoms with Gasteiger partial charge in [-0.1, -0.05) is 6.07 Å². The summed E-state index contributed by atoms with van der Waals surface area (Å²) in [5.74, 6) is 0.258. The lowest BCUT2D eigenvalue weighted by atomic mass is 9.84. The van der Waals surface area contributed by atoms with E-state index in [1.165, 1.54) is 18.2 Å². The third-order valence-corrected chi connectivity index (χ3v) is 5.30. The van der Waals surface area contributed by atoms with Crippen molar-refractivity contribution in [1.82, 2.24) is 10.2 Å². The molecule has 0 saturated carbocycles. The van der Waals surface area contributed by atoms with Crippen molar-refractivity contribution in [3.8, 4) is 0 Å². The van der Waals surface area contributed by atoms with Crippen LogP contribution >= 0.6 is 0 Å². The molecule has 20 heavy (non-hydrogen) atoms. The highest BCUT2D eigenvalue weighted by Crippen LogP contribution is 2.45. The third kappa shape index (κ3) is 1.97. The summed E-state index contributed by atoms with van der Waals surface area (Å²) in [5, 5.41) is 3.43. The summed E-state index contributed by atoms with van der Waals surface area (Å²) in [6.07, 6.45) is 0. The Kier molecular flexibility index (Phi) is 3.33. The van der Waals surface area contributed by atoms with Crippen molar-refractivity contribution < 1.29 is 8.78 Å². The molecule has 110 valence electrons. The zero-order valence-corrected chi connectivity index (χ0v) is 12.3. The number of nitrogens with zero attached hydrogens (tertiary/aromatic N) is 1. The Balaban J connectivity index is 1.93. The Morgan fingerprint density at radius 1 is 1.25 bits per heavy atom. The highest BCUT2D eigenvalue weighted by atomic mass is 19.1. The van der Waals surface area contributed by atoms with Gasteiger partial charge in [-0.05, 0) is 51.3 Å². The van der Waals surface area contributed by atoms with Crippen LogP contribution in [0.15, 0.2) is 18.2 Å². The second kappa shape index (κ2) is 4.78. The molecule has 2 saturated heterocycles. The predicted octanol–water partition coefficient (Wildman–Crippen LogP) is 2.96. The normalized spacial score (nSPS) is 30.4. The van der Waals surface area contributed by atoms with Crippen LogP contribution in [0.1, 0.15) is 32.4 Å². The molecule has 2 aliphatic heterocycles. The lowest BCUT2D eigenvalue weighted by Crippen LogP contribution is -2.45. The van der Waals surface area contributed by atoms with E-state index in [2.05, 4.69) is 24.1 Å². The van der Waals surface area contributed by atoms with E-state index in [0.29, 0.717) is 11.8 Å². The molecule has 4 heteroatoms. The van der Waals surface area contributed by atoms with Crippen molar-refractivity contribution in [2.24, 2.45) is 11.8 Å². The lowest BCUT2D eigenvalue weighted by molar-refractivity contribution is 0.0933. The highest BCUT2D eigenvalue weighted by Gasteiger charge is 2.51. The summed E-state index contributed by atoms with van der Waals surface area (Å²) >= 11 is 0. The number of likely N-dealkylation sites (tertiary alicyclic amines) is 1. The maximum Gasteiger partial charge on any atom is 0.130 e. The highest BCUT2D eigenvalue weighted by molar-refractivity contribution is 5.24. The molecule has 2 heterocycles. The quantitative estimate of drug-likeness (QED) is 0.896. The van der Waals surface area contributed by atoms with E-state index in [4.69, 9.17) is 0 Å². The Bertz CT molecular complexity index is 495. The molecule has 2 fully saturated rings. The zero-order chi connectivity index (χ0) is 14.5. The lowest BCUT2D eigenvalue weighted by Gasteiger charge is -2.40. The molecule has 1 aromatic rings. The van der Waals surface area contributed by atoms with Crippen molar-refractivity contribution >= 4 is 0 Å². The molecule has 0 bridgehead atoms. The third-order valence-electron chi connectivity index (χ3n) is 5.30. The van der Waals surface area contributed by atoms with Crippen LogP contribution in [0.3, 0.4) is 0 Å². The van der Waals surface area contributed by atoms with E-state index in [1.807, 2.05) is 6.92 Å². The van der Waals surface area contributed by atoms with Crippen LogP contribution < -0.4 is 5.32 Å². The number of hydrogen-bond acceptors (Lipinski definition) is 2. The zero-order valence-electron chi connectivity index (χ0n) is 12.3. The molecule has 0 aliphatic carbocycles. The van der Waals surface area contributed by atoms with Gasteiger partial charge in [-0.2, -0.15) is 0 Å². The van der Waals surface area contributed by atoms with E-state index in [9.17, 15) is 8.78 Å². The number of nitrogens with one attached hydrogen (secondary N) is 1. The molecule has 3 rings (SSSR count). The monoisotopic (exact) mass is 280 g/mol. The second-order valence-corrected chi connectivity index (χ2v) is 6.64. The molecule has 0 amide bonds. The molecular weight excluding hydrogens is 258 g/mol. The molecule has 3 unspecified atom stereocenters. The first-order chi connectivity index (χ1) is 9.43. The first kappa shape index (κ1) is 14.0. The maximum atomic E-state index is 14.0. The molecule has 0 aromatic heterocycles. The van der Waals surface area contributed by atoms with Crippen LogP contribution in [0.2, 0.25) is 0 Å². The van der Waals surface area contributed by atoms with Crippen LogP contribution in [0.5, 0.6) is 0 Å². The van der Waals surface area contributed by atoms with Gasteiger partial charge in [0.15, 0.2) is 0 Å². The first-order valence-electron chi connectivity index (χ1n) is 7.34. The minimum atomic E-state index is -0.441. The van der Waals surface area contributed by atoms with Gasteiger partial charge < -0.3 is 5.32 Å². The largest absolute Gasteiger partial charge is 0.316 e. The minimum Gasteiger partial charge on any atom is -0.316 e. The van der Waals surface area contributed by atoms with Crippen molar-refractivity contribution in [2.75, 3.05) is 19.6 Å². The number of halogens is 2.